The molecule has 0 amide bonds. The molecular formula is C17H12Cl2F3N5. The normalized spacial score (nSPS) is 11.3. The average molecular weight is 414 g/mol. The molecule has 1 aromatic heterocycles. The summed E-state index contributed by atoms with van der Waals surface area (Å²) < 4.78 is 37.9. The third kappa shape index (κ3) is 4.72. The highest BCUT2D eigenvalue weighted by Gasteiger charge is 2.29. The molecule has 0 fully saturated rings. The number of anilines is 5. The molecule has 3 aromatic rings. The Hall–Kier alpha value is -2.71. The van der Waals surface area contributed by atoms with Gasteiger partial charge in [0, 0.05) is 21.4 Å². The Balaban J connectivity index is 1.82. The Kier molecular flexibility index (Phi) is 5.29. The molecule has 2 aromatic carbocycles. The highest BCUT2D eigenvalue weighted by Crippen LogP contribution is 2.32. The Morgan fingerprint density at radius 1 is 0.815 bits per heavy atom. The first-order valence-corrected chi connectivity index (χ1v) is 8.26. The van der Waals surface area contributed by atoms with E-state index in [2.05, 4.69) is 20.6 Å². The first-order chi connectivity index (χ1) is 12.7. The van der Waals surface area contributed by atoms with Crippen LogP contribution in [0, 0.1) is 0 Å². The molecule has 27 heavy (non-hydrogen) atoms. The zero-order valence-electron chi connectivity index (χ0n) is 13.5. The van der Waals surface area contributed by atoms with Crippen LogP contribution in [0.15, 0.2) is 48.8 Å². The van der Waals surface area contributed by atoms with Crippen LogP contribution in [0.25, 0.3) is 0 Å². The van der Waals surface area contributed by atoms with Gasteiger partial charge in [0.25, 0.3) is 0 Å². The van der Waals surface area contributed by atoms with Crippen LogP contribution in [0.5, 0.6) is 0 Å². The lowest BCUT2D eigenvalue weighted by atomic mass is 10.2. The topological polar surface area (TPSA) is 75.9 Å². The van der Waals surface area contributed by atoms with E-state index in [9.17, 15) is 13.2 Å². The molecule has 0 spiro atoms. The van der Waals surface area contributed by atoms with Crippen molar-refractivity contribution in [2.45, 2.75) is 6.18 Å². The summed E-state index contributed by atoms with van der Waals surface area (Å²) in [7, 11) is 0. The molecule has 10 heteroatoms. The first-order valence-electron chi connectivity index (χ1n) is 7.50. The van der Waals surface area contributed by atoms with E-state index in [4.69, 9.17) is 28.9 Å². The van der Waals surface area contributed by atoms with Gasteiger partial charge in [0.05, 0.1) is 5.56 Å². The summed E-state index contributed by atoms with van der Waals surface area (Å²) in [6.07, 6.45) is -3.14. The quantitative estimate of drug-likeness (QED) is 0.498. The fraction of sp³-hybridized carbons (Fsp3) is 0.0588. The van der Waals surface area contributed by atoms with Crippen LogP contribution in [0.4, 0.5) is 41.9 Å². The lowest BCUT2D eigenvalue weighted by Gasteiger charge is -2.13. The van der Waals surface area contributed by atoms with E-state index < -0.39 is 11.7 Å². The molecule has 4 N–H and O–H groups in total. The summed E-state index contributed by atoms with van der Waals surface area (Å²) in [5.41, 5.74) is 6.45. The van der Waals surface area contributed by atoms with Crippen LogP contribution in [0.3, 0.4) is 0 Å². The van der Waals surface area contributed by atoms with Crippen molar-refractivity contribution in [3.05, 3.63) is 64.4 Å². The van der Waals surface area contributed by atoms with Crippen LogP contribution in [0.1, 0.15) is 5.56 Å². The van der Waals surface area contributed by atoms with E-state index in [-0.39, 0.29) is 17.3 Å². The predicted molar refractivity (Wildman–Crippen MR) is 101 cm³/mol. The number of nitrogens with one attached hydrogen (secondary N) is 2. The minimum absolute atomic E-state index is 0.175. The number of nitrogens with two attached hydrogens (primary N) is 1. The highest BCUT2D eigenvalue weighted by atomic mass is 35.5. The van der Waals surface area contributed by atoms with Gasteiger partial charge in [-0.2, -0.15) is 13.2 Å². The monoisotopic (exact) mass is 413 g/mol. The molecule has 0 aliphatic carbocycles. The van der Waals surface area contributed by atoms with Gasteiger partial charge >= 0.3 is 6.18 Å². The number of alkyl halides is 3. The number of rotatable bonds is 4. The second-order valence-electron chi connectivity index (χ2n) is 5.47. The van der Waals surface area contributed by atoms with Gasteiger partial charge in [0.2, 0.25) is 0 Å². The Morgan fingerprint density at radius 3 is 1.85 bits per heavy atom. The molecule has 0 atom stereocenters. The van der Waals surface area contributed by atoms with Gasteiger partial charge in [0.15, 0.2) is 11.6 Å². The van der Waals surface area contributed by atoms with Gasteiger partial charge in [-0.25, -0.2) is 9.97 Å². The molecule has 1 heterocycles. The molecule has 0 saturated carbocycles. The summed E-state index contributed by atoms with van der Waals surface area (Å²) in [5.74, 6) is 0.526. The fourth-order valence-electron chi connectivity index (χ4n) is 2.24. The first kappa shape index (κ1) is 19.1. The minimum atomic E-state index is -4.40. The molecule has 0 bridgehead atoms. The van der Waals surface area contributed by atoms with Crippen LogP contribution < -0.4 is 16.4 Å². The van der Waals surface area contributed by atoms with Crippen molar-refractivity contribution in [2.75, 3.05) is 16.4 Å². The van der Waals surface area contributed by atoms with E-state index in [1.54, 1.807) is 18.2 Å². The highest BCUT2D eigenvalue weighted by molar-refractivity contribution is 6.35. The summed E-state index contributed by atoms with van der Waals surface area (Å²) in [5, 5.41) is 6.70. The van der Waals surface area contributed by atoms with Crippen molar-refractivity contribution in [3.8, 4) is 0 Å². The van der Waals surface area contributed by atoms with Gasteiger partial charge in [-0.3, -0.25) is 0 Å². The maximum Gasteiger partial charge on any atom is 0.416 e. The van der Waals surface area contributed by atoms with E-state index in [0.717, 1.165) is 12.1 Å². The molecule has 5 nitrogen and oxygen atoms in total. The van der Waals surface area contributed by atoms with E-state index >= 15 is 0 Å². The number of nitrogen functional groups attached to an aromatic ring is 1. The second-order valence-corrected chi connectivity index (χ2v) is 6.34. The van der Waals surface area contributed by atoms with Crippen molar-refractivity contribution in [3.63, 3.8) is 0 Å². The lowest BCUT2D eigenvalue weighted by Crippen LogP contribution is -2.06. The van der Waals surface area contributed by atoms with Crippen molar-refractivity contribution in [1.29, 1.82) is 0 Å². The zero-order valence-corrected chi connectivity index (χ0v) is 15.0. The summed E-state index contributed by atoms with van der Waals surface area (Å²) in [6.45, 7) is 0. The van der Waals surface area contributed by atoms with Crippen molar-refractivity contribution < 1.29 is 13.2 Å². The SMILES string of the molecule is Nc1c(Nc2ccc(C(F)(F)F)cc2)ncnc1Nc1cc(Cl)cc(Cl)c1. The smallest absolute Gasteiger partial charge is 0.393 e. The molecule has 0 aliphatic rings. The molecule has 0 radical (unpaired) electrons. The number of aromatic nitrogens is 2. The fourth-order valence-corrected chi connectivity index (χ4v) is 2.76. The number of halogens is 5. The van der Waals surface area contributed by atoms with Crippen LogP contribution >= 0.6 is 23.2 Å². The molecule has 0 unspecified atom stereocenters. The van der Waals surface area contributed by atoms with E-state index in [1.165, 1.54) is 18.5 Å². The number of hydrogen-bond acceptors (Lipinski definition) is 5. The van der Waals surface area contributed by atoms with Crippen LogP contribution in [0.2, 0.25) is 10.0 Å². The number of nitrogens with zero attached hydrogens (tertiary/aromatic N) is 2. The molecule has 0 aliphatic heterocycles. The third-order valence-corrected chi connectivity index (χ3v) is 3.92. The van der Waals surface area contributed by atoms with Gasteiger partial charge in [-0.05, 0) is 42.5 Å². The Morgan fingerprint density at radius 2 is 1.33 bits per heavy atom. The van der Waals surface area contributed by atoms with E-state index in [1.807, 2.05) is 0 Å². The third-order valence-electron chi connectivity index (χ3n) is 3.48. The summed E-state index contributed by atoms with van der Waals surface area (Å²) in [6, 6.07) is 9.35. The molecule has 140 valence electrons. The van der Waals surface area contributed by atoms with Gasteiger partial charge < -0.3 is 16.4 Å². The molecule has 0 saturated heterocycles. The van der Waals surface area contributed by atoms with Crippen LogP contribution in [-0.4, -0.2) is 9.97 Å². The summed E-state index contributed by atoms with van der Waals surface area (Å²) in [4.78, 5) is 8.08. The standard InChI is InChI=1S/C17H12Cl2F3N5/c18-10-5-11(19)7-13(6-10)27-16-14(23)15(24-8-25-16)26-12-3-1-9(2-4-12)17(20,21)22/h1-8H,23H2,(H2,24,25,26,27). The number of benzene rings is 2. The minimum Gasteiger partial charge on any atom is -0.393 e. The molecular weight excluding hydrogens is 402 g/mol. The lowest BCUT2D eigenvalue weighted by molar-refractivity contribution is -0.137. The number of hydrogen-bond donors (Lipinski definition) is 3. The van der Waals surface area contributed by atoms with E-state index in [0.29, 0.717) is 21.4 Å². The summed E-state index contributed by atoms with van der Waals surface area (Å²) >= 11 is 11.9. The van der Waals surface area contributed by atoms with Crippen molar-refractivity contribution in [2.24, 2.45) is 0 Å². The average Bonchev–Trinajstić information content (AvgIpc) is 2.57. The van der Waals surface area contributed by atoms with Crippen LogP contribution in [-0.2, 0) is 6.18 Å². The predicted octanol–water partition coefficient (Wildman–Crippen LogP) is 5.87. The zero-order chi connectivity index (χ0) is 19.6. The van der Waals surface area contributed by atoms with Gasteiger partial charge in [-0.1, -0.05) is 23.2 Å². The van der Waals surface area contributed by atoms with Gasteiger partial charge in [0.1, 0.15) is 12.0 Å². The van der Waals surface area contributed by atoms with Crippen molar-refractivity contribution >= 4 is 51.9 Å². The maximum absolute atomic E-state index is 12.6. The molecule has 3 rings (SSSR count). The van der Waals surface area contributed by atoms with Crippen molar-refractivity contribution in [1.82, 2.24) is 9.97 Å². The largest absolute Gasteiger partial charge is 0.416 e. The Labute approximate surface area is 162 Å². The Bertz CT molecular complexity index is 942. The van der Waals surface area contributed by atoms with Gasteiger partial charge in [-0.15, -0.1) is 0 Å². The second kappa shape index (κ2) is 7.50. The maximum atomic E-state index is 12.6.